The molecule has 0 atom stereocenters. The van der Waals surface area contributed by atoms with Gasteiger partial charge in [-0.15, -0.1) is 11.8 Å². The summed E-state index contributed by atoms with van der Waals surface area (Å²) in [6.07, 6.45) is 5.88. The number of nitrogens with zero attached hydrogens (tertiary/aromatic N) is 1. The van der Waals surface area contributed by atoms with Gasteiger partial charge >= 0.3 is 0 Å². The molecule has 5 heteroatoms. The van der Waals surface area contributed by atoms with Crippen LogP contribution in [0.4, 0.5) is 0 Å². The summed E-state index contributed by atoms with van der Waals surface area (Å²) in [7, 11) is 0. The molecule has 0 bridgehead atoms. The van der Waals surface area contributed by atoms with E-state index in [1.807, 2.05) is 30.5 Å². The van der Waals surface area contributed by atoms with Crippen molar-refractivity contribution in [1.29, 1.82) is 0 Å². The van der Waals surface area contributed by atoms with Gasteiger partial charge in [0.15, 0.2) is 0 Å². The number of benzene rings is 2. The summed E-state index contributed by atoms with van der Waals surface area (Å²) in [5.41, 5.74) is 1.42. The van der Waals surface area contributed by atoms with Gasteiger partial charge in [-0.25, -0.2) is 4.99 Å². The molecule has 0 N–H and O–H groups in total. The van der Waals surface area contributed by atoms with Crippen LogP contribution in [0.5, 0.6) is 5.75 Å². The molecule has 0 fully saturated rings. The van der Waals surface area contributed by atoms with Crippen LogP contribution in [0.15, 0.2) is 47.1 Å². The molecule has 0 saturated carbocycles. The molecule has 0 saturated heterocycles. The zero-order chi connectivity index (χ0) is 16.9. The van der Waals surface area contributed by atoms with Gasteiger partial charge in [0.25, 0.3) is 0 Å². The largest absolute Gasteiger partial charge is 0.493 e. The third-order valence-electron chi connectivity index (χ3n) is 3.74. The molecule has 124 valence electrons. The number of rotatable bonds is 5. The number of fused-ring (bicyclic) bond motifs is 1. The fourth-order valence-corrected chi connectivity index (χ4v) is 3.75. The van der Waals surface area contributed by atoms with Gasteiger partial charge in [0, 0.05) is 5.56 Å². The van der Waals surface area contributed by atoms with E-state index in [0.717, 1.165) is 39.3 Å². The van der Waals surface area contributed by atoms with Crippen molar-refractivity contribution in [3.05, 3.63) is 47.7 Å². The number of thioether (sulfide) groups is 2. The van der Waals surface area contributed by atoms with Crippen LogP contribution in [0.3, 0.4) is 0 Å². The smallest absolute Gasteiger partial charge is 0.244 e. The van der Waals surface area contributed by atoms with Gasteiger partial charge in [-0.05, 0) is 47.4 Å². The van der Waals surface area contributed by atoms with E-state index in [2.05, 4.69) is 30.1 Å². The second-order valence-electron chi connectivity index (χ2n) is 5.40. The zero-order valence-electron chi connectivity index (χ0n) is 13.7. The Hall–Kier alpha value is -1.72. The number of aliphatic imine (C=N–C) groups is 1. The third-order valence-corrected chi connectivity index (χ3v) is 5.59. The quantitative estimate of drug-likeness (QED) is 0.534. The molecule has 3 rings (SSSR count). The molecule has 2 aromatic rings. The van der Waals surface area contributed by atoms with Crippen LogP contribution in [0.2, 0.25) is 0 Å². The van der Waals surface area contributed by atoms with Crippen molar-refractivity contribution in [1.82, 2.24) is 0 Å². The molecule has 2 aromatic carbocycles. The Morgan fingerprint density at radius 2 is 2.08 bits per heavy atom. The molecule has 1 heterocycles. The first-order valence-corrected chi connectivity index (χ1v) is 9.98. The third kappa shape index (κ3) is 3.68. The Morgan fingerprint density at radius 3 is 2.83 bits per heavy atom. The molecule has 0 amide bonds. The van der Waals surface area contributed by atoms with Crippen LogP contribution in [0.25, 0.3) is 16.8 Å². The highest BCUT2D eigenvalue weighted by Crippen LogP contribution is 2.34. The highest BCUT2D eigenvalue weighted by atomic mass is 32.2. The number of carbonyl (C=O) groups is 1. The Kier molecular flexibility index (Phi) is 5.63. The van der Waals surface area contributed by atoms with Gasteiger partial charge < -0.3 is 4.74 Å². The topological polar surface area (TPSA) is 38.7 Å². The van der Waals surface area contributed by atoms with Crippen LogP contribution < -0.4 is 4.74 Å². The molecular formula is C19H19NO2S2. The molecule has 3 nitrogen and oxygen atoms in total. The van der Waals surface area contributed by atoms with E-state index in [1.54, 1.807) is 0 Å². The predicted octanol–water partition coefficient (Wildman–Crippen LogP) is 5.35. The van der Waals surface area contributed by atoms with Crippen LogP contribution in [0, 0.1) is 0 Å². The fourth-order valence-electron chi connectivity index (χ4n) is 2.49. The summed E-state index contributed by atoms with van der Waals surface area (Å²) in [5, 5.41) is 2.19. The van der Waals surface area contributed by atoms with Crippen molar-refractivity contribution in [2.75, 3.05) is 12.9 Å². The van der Waals surface area contributed by atoms with E-state index < -0.39 is 0 Å². The van der Waals surface area contributed by atoms with Gasteiger partial charge in [0.05, 0.1) is 6.61 Å². The summed E-state index contributed by atoms with van der Waals surface area (Å²) < 4.78 is 6.76. The molecular weight excluding hydrogens is 338 g/mol. The first-order valence-electron chi connectivity index (χ1n) is 7.94. The molecule has 1 aliphatic rings. The lowest BCUT2D eigenvalue weighted by Gasteiger charge is -2.12. The minimum atomic E-state index is -0.00760. The lowest BCUT2D eigenvalue weighted by Crippen LogP contribution is -1.99. The molecule has 24 heavy (non-hydrogen) atoms. The highest BCUT2D eigenvalue weighted by Gasteiger charge is 2.22. The zero-order valence-corrected chi connectivity index (χ0v) is 15.4. The minimum Gasteiger partial charge on any atom is -0.493 e. The molecule has 0 unspecified atom stereocenters. The van der Waals surface area contributed by atoms with Crippen molar-refractivity contribution in [2.45, 2.75) is 19.8 Å². The van der Waals surface area contributed by atoms with Gasteiger partial charge in [-0.3, -0.25) is 4.79 Å². The number of carbonyl (C=O) groups excluding carboxylic acids is 1. The van der Waals surface area contributed by atoms with Gasteiger partial charge in [0.2, 0.25) is 5.12 Å². The lowest BCUT2D eigenvalue weighted by molar-refractivity contribution is -0.107. The maximum atomic E-state index is 12.2. The van der Waals surface area contributed by atoms with Crippen molar-refractivity contribution in [2.24, 2.45) is 4.99 Å². The van der Waals surface area contributed by atoms with Crippen molar-refractivity contribution in [3.63, 3.8) is 0 Å². The average molecular weight is 358 g/mol. The maximum absolute atomic E-state index is 12.2. The lowest BCUT2D eigenvalue weighted by atomic mass is 10.0. The Morgan fingerprint density at radius 1 is 1.25 bits per heavy atom. The van der Waals surface area contributed by atoms with Gasteiger partial charge in [-0.2, -0.15) is 0 Å². The summed E-state index contributed by atoms with van der Waals surface area (Å²) in [4.78, 5) is 16.6. The van der Waals surface area contributed by atoms with Gasteiger partial charge in [0.1, 0.15) is 15.8 Å². The molecule has 0 spiro atoms. The summed E-state index contributed by atoms with van der Waals surface area (Å²) in [6.45, 7) is 2.81. The van der Waals surface area contributed by atoms with E-state index >= 15 is 0 Å². The van der Waals surface area contributed by atoms with Crippen LogP contribution in [-0.4, -0.2) is 22.4 Å². The fraction of sp³-hybridized carbons (Fsp3) is 0.263. The Balaban J connectivity index is 2.08. The maximum Gasteiger partial charge on any atom is 0.244 e. The Labute approximate surface area is 150 Å². The summed E-state index contributed by atoms with van der Waals surface area (Å²) in [6, 6.07) is 12.2. The first-order chi connectivity index (χ1) is 11.7. The van der Waals surface area contributed by atoms with Crippen molar-refractivity contribution in [3.8, 4) is 5.75 Å². The number of hydrogen-bond acceptors (Lipinski definition) is 5. The number of ether oxygens (including phenoxy) is 1. The summed E-state index contributed by atoms with van der Waals surface area (Å²) >= 11 is 2.69. The Bertz CT molecular complexity index is 827. The molecule has 1 aliphatic heterocycles. The van der Waals surface area contributed by atoms with Crippen LogP contribution >= 0.6 is 23.5 Å². The SMILES string of the molecule is CCCCOc1ccc2ccccc2c1C=C1N=C(SC)SC1=O. The van der Waals surface area contributed by atoms with Crippen molar-refractivity contribution < 1.29 is 9.53 Å². The van der Waals surface area contributed by atoms with E-state index in [1.165, 1.54) is 23.5 Å². The van der Waals surface area contributed by atoms with Gasteiger partial charge in [-0.1, -0.05) is 43.7 Å². The first kappa shape index (κ1) is 17.1. The van der Waals surface area contributed by atoms with E-state index in [0.29, 0.717) is 12.3 Å². The predicted molar refractivity (Wildman–Crippen MR) is 106 cm³/mol. The van der Waals surface area contributed by atoms with E-state index in [9.17, 15) is 4.79 Å². The van der Waals surface area contributed by atoms with Crippen LogP contribution in [-0.2, 0) is 4.79 Å². The molecule has 0 aromatic heterocycles. The minimum absolute atomic E-state index is 0.00760. The molecule has 0 radical (unpaired) electrons. The van der Waals surface area contributed by atoms with E-state index in [-0.39, 0.29) is 5.12 Å². The van der Waals surface area contributed by atoms with Crippen molar-refractivity contribution >= 4 is 49.9 Å². The van der Waals surface area contributed by atoms with Crippen LogP contribution in [0.1, 0.15) is 25.3 Å². The summed E-state index contributed by atoms with van der Waals surface area (Å²) in [5.74, 6) is 0.806. The number of unbranched alkanes of at least 4 members (excludes halogenated alkanes) is 1. The molecule has 0 aliphatic carbocycles. The standard InChI is InChI=1S/C19H19NO2S2/c1-3-4-11-22-17-10-9-13-7-5-6-8-14(13)15(17)12-16-18(21)24-19(20-16)23-2/h5-10,12H,3-4,11H2,1-2H3. The highest BCUT2D eigenvalue weighted by molar-refractivity contribution is 8.45. The average Bonchev–Trinajstić information content (AvgIpc) is 2.97. The normalized spacial score (nSPS) is 16.0. The number of hydrogen-bond donors (Lipinski definition) is 0. The van der Waals surface area contributed by atoms with E-state index in [4.69, 9.17) is 4.74 Å². The second kappa shape index (κ2) is 7.90. The monoisotopic (exact) mass is 357 g/mol. The second-order valence-corrected chi connectivity index (χ2v) is 7.42.